The van der Waals surface area contributed by atoms with Crippen molar-refractivity contribution in [3.8, 4) is 11.5 Å². The fourth-order valence-electron chi connectivity index (χ4n) is 3.54. The molecule has 5 nitrogen and oxygen atoms in total. The fraction of sp³-hybridized carbons (Fsp3) is 0.350. The Labute approximate surface area is 176 Å². The second kappa shape index (κ2) is 7.85. The van der Waals surface area contributed by atoms with Crippen LogP contribution in [0, 0.1) is 3.57 Å². The van der Waals surface area contributed by atoms with Gasteiger partial charge in [-0.25, -0.2) is 0 Å². The van der Waals surface area contributed by atoms with E-state index >= 15 is 0 Å². The molecule has 2 aromatic carbocycles. The minimum absolute atomic E-state index is 0.101. The van der Waals surface area contributed by atoms with Gasteiger partial charge in [-0.1, -0.05) is 17.7 Å². The molecule has 0 spiro atoms. The van der Waals surface area contributed by atoms with Gasteiger partial charge in [0.05, 0.1) is 5.02 Å². The van der Waals surface area contributed by atoms with E-state index < -0.39 is 0 Å². The van der Waals surface area contributed by atoms with E-state index in [1.165, 1.54) is 0 Å². The zero-order chi connectivity index (χ0) is 18.9. The summed E-state index contributed by atoms with van der Waals surface area (Å²) < 4.78 is 17.4. The first kappa shape index (κ1) is 18.8. The standard InChI is InChI=1S/C20H19ClINO4/c21-15-3-1-13(9-16(15)22)19(24)23-11-20(5-7-25-8-6-20)14-2-4-17-18(10-14)27-12-26-17/h1-4,9-10H,5-8,11-12H2,(H,23,24). The molecule has 7 heteroatoms. The molecule has 2 aliphatic heterocycles. The SMILES string of the molecule is O=C(NCC1(c2ccc3c(c2)OCO3)CCOCC1)c1ccc(Cl)c(I)c1. The topological polar surface area (TPSA) is 56.8 Å². The number of fused-ring (bicyclic) bond motifs is 1. The third-order valence-corrected chi connectivity index (χ3v) is 6.74. The van der Waals surface area contributed by atoms with Crippen molar-refractivity contribution >= 4 is 40.1 Å². The molecule has 1 saturated heterocycles. The van der Waals surface area contributed by atoms with Crippen molar-refractivity contribution in [3.63, 3.8) is 0 Å². The molecule has 0 saturated carbocycles. The summed E-state index contributed by atoms with van der Waals surface area (Å²) in [7, 11) is 0. The summed E-state index contributed by atoms with van der Waals surface area (Å²) >= 11 is 8.19. The highest BCUT2D eigenvalue weighted by molar-refractivity contribution is 14.1. The Kier molecular flexibility index (Phi) is 5.48. The van der Waals surface area contributed by atoms with E-state index in [9.17, 15) is 4.79 Å². The zero-order valence-corrected chi connectivity index (χ0v) is 17.5. The van der Waals surface area contributed by atoms with E-state index in [0.29, 0.717) is 30.3 Å². The summed E-state index contributed by atoms with van der Waals surface area (Å²) in [5.74, 6) is 1.42. The molecule has 1 amide bonds. The molecule has 0 unspecified atom stereocenters. The largest absolute Gasteiger partial charge is 0.454 e. The van der Waals surface area contributed by atoms with E-state index in [2.05, 4.69) is 34.0 Å². The summed E-state index contributed by atoms with van der Waals surface area (Å²) in [6, 6.07) is 11.3. The lowest BCUT2D eigenvalue weighted by Crippen LogP contribution is -2.44. The van der Waals surface area contributed by atoms with E-state index in [1.54, 1.807) is 18.2 Å². The first-order chi connectivity index (χ1) is 13.1. The lowest BCUT2D eigenvalue weighted by molar-refractivity contribution is 0.0486. The number of benzene rings is 2. The first-order valence-electron chi connectivity index (χ1n) is 8.79. The molecule has 0 radical (unpaired) electrons. The number of halogens is 2. The Morgan fingerprint density at radius 3 is 2.67 bits per heavy atom. The molecule has 4 rings (SSSR count). The number of amides is 1. The monoisotopic (exact) mass is 499 g/mol. The van der Waals surface area contributed by atoms with E-state index in [4.69, 9.17) is 25.8 Å². The minimum atomic E-state index is -0.186. The summed E-state index contributed by atoms with van der Waals surface area (Å²) in [6.07, 6.45) is 1.68. The Hall–Kier alpha value is -1.51. The van der Waals surface area contributed by atoms with Crippen molar-refractivity contribution in [2.75, 3.05) is 26.6 Å². The summed E-state index contributed by atoms with van der Waals surface area (Å²) in [5.41, 5.74) is 1.56. The van der Waals surface area contributed by atoms with Gasteiger partial charge in [0, 0.05) is 34.3 Å². The van der Waals surface area contributed by atoms with Crippen molar-refractivity contribution in [1.82, 2.24) is 5.32 Å². The second-order valence-corrected chi connectivity index (χ2v) is 8.34. The average molecular weight is 500 g/mol. The third kappa shape index (κ3) is 3.88. The van der Waals surface area contributed by atoms with Gasteiger partial charge in [-0.05, 0) is 71.3 Å². The first-order valence-corrected chi connectivity index (χ1v) is 10.2. The predicted octanol–water partition coefficient (Wildman–Crippen LogP) is 4.15. The normalized spacial score (nSPS) is 17.6. The van der Waals surface area contributed by atoms with Gasteiger partial charge in [0.25, 0.3) is 5.91 Å². The van der Waals surface area contributed by atoms with Crippen LogP contribution in [0.3, 0.4) is 0 Å². The number of ether oxygens (including phenoxy) is 3. The van der Waals surface area contributed by atoms with Crippen LogP contribution in [0.4, 0.5) is 0 Å². The Bertz CT molecular complexity index is 867. The van der Waals surface area contributed by atoms with Crippen molar-refractivity contribution in [3.05, 3.63) is 56.1 Å². The van der Waals surface area contributed by atoms with Crippen LogP contribution in [0.5, 0.6) is 11.5 Å². The lowest BCUT2D eigenvalue weighted by Gasteiger charge is -2.38. The summed E-state index contributed by atoms with van der Waals surface area (Å²) in [4.78, 5) is 12.7. The van der Waals surface area contributed by atoms with Gasteiger partial charge in [-0.3, -0.25) is 4.79 Å². The highest BCUT2D eigenvalue weighted by Gasteiger charge is 2.36. The quantitative estimate of drug-likeness (QED) is 0.642. The number of hydrogen-bond acceptors (Lipinski definition) is 4. The van der Waals surface area contributed by atoms with Gasteiger partial charge in [-0.15, -0.1) is 0 Å². The molecule has 0 aliphatic carbocycles. The van der Waals surface area contributed by atoms with Gasteiger partial charge < -0.3 is 19.5 Å². The Balaban J connectivity index is 1.55. The molecule has 142 valence electrons. The molecular formula is C20H19ClINO4. The smallest absolute Gasteiger partial charge is 0.251 e. The molecule has 0 bridgehead atoms. The second-order valence-electron chi connectivity index (χ2n) is 6.77. The molecular weight excluding hydrogens is 481 g/mol. The number of hydrogen-bond donors (Lipinski definition) is 1. The van der Waals surface area contributed by atoms with Gasteiger partial charge in [0.2, 0.25) is 6.79 Å². The molecule has 2 aliphatic rings. The van der Waals surface area contributed by atoms with Crippen LogP contribution in [0.15, 0.2) is 36.4 Å². The van der Waals surface area contributed by atoms with Crippen molar-refractivity contribution in [2.24, 2.45) is 0 Å². The van der Waals surface area contributed by atoms with Crippen LogP contribution >= 0.6 is 34.2 Å². The highest BCUT2D eigenvalue weighted by atomic mass is 127. The number of carbonyl (C=O) groups excluding carboxylic acids is 1. The predicted molar refractivity (Wildman–Crippen MR) is 111 cm³/mol. The molecule has 27 heavy (non-hydrogen) atoms. The zero-order valence-electron chi connectivity index (χ0n) is 14.6. The van der Waals surface area contributed by atoms with Crippen LogP contribution in [0.25, 0.3) is 0 Å². The Morgan fingerprint density at radius 1 is 1.11 bits per heavy atom. The van der Waals surface area contributed by atoms with Gasteiger partial charge in [0.15, 0.2) is 11.5 Å². The van der Waals surface area contributed by atoms with Crippen LogP contribution < -0.4 is 14.8 Å². The van der Waals surface area contributed by atoms with Crippen LogP contribution in [-0.2, 0) is 10.2 Å². The van der Waals surface area contributed by atoms with Crippen molar-refractivity contribution < 1.29 is 19.0 Å². The van der Waals surface area contributed by atoms with Crippen LogP contribution in [-0.4, -0.2) is 32.5 Å². The average Bonchev–Trinajstić information content (AvgIpc) is 3.17. The number of carbonyl (C=O) groups is 1. The van der Waals surface area contributed by atoms with Gasteiger partial charge >= 0.3 is 0 Å². The van der Waals surface area contributed by atoms with Crippen molar-refractivity contribution in [2.45, 2.75) is 18.3 Å². The highest BCUT2D eigenvalue weighted by Crippen LogP contribution is 2.40. The number of nitrogens with one attached hydrogen (secondary N) is 1. The molecule has 2 aromatic rings. The molecule has 1 N–H and O–H groups in total. The summed E-state index contributed by atoms with van der Waals surface area (Å²) in [6.45, 7) is 2.13. The molecule has 2 heterocycles. The lowest BCUT2D eigenvalue weighted by atomic mass is 9.74. The summed E-state index contributed by atoms with van der Waals surface area (Å²) in [5, 5.41) is 3.76. The fourth-order valence-corrected chi connectivity index (χ4v) is 4.18. The van der Waals surface area contributed by atoms with Gasteiger partial charge in [0.1, 0.15) is 0 Å². The van der Waals surface area contributed by atoms with Gasteiger partial charge in [-0.2, -0.15) is 0 Å². The third-order valence-electron chi connectivity index (χ3n) is 5.20. The maximum Gasteiger partial charge on any atom is 0.251 e. The maximum atomic E-state index is 12.7. The van der Waals surface area contributed by atoms with E-state index in [1.807, 2.05) is 12.1 Å². The molecule has 0 aromatic heterocycles. The Morgan fingerprint density at radius 2 is 1.89 bits per heavy atom. The van der Waals surface area contributed by atoms with E-state index in [-0.39, 0.29) is 18.1 Å². The van der Waals surface area contributed by atoms with Crippen LogP contribution in [0.1, 0.15) is 28.8 Å². The number of rotatable bonds is 4. The van der Waals surface area contributed by atoms with Crippen LogP contribution in [0.2, 0.25) is 5.02 Å². The van der Waals surface area contributed by atoms with Crippen molar-refractivity contribution in [1.29, 1.82) is 0 Å². The van der Waals surface area contributed by atoms with E-state index in [0.717, 1.165) is 33.5 Å². The maximum absolute atomic E-state index is 12.7. The minimum Gasteiger partial charge on any atom is -0.454 e. The molecule has 1 fully saturated rings. The molecule has 0 atom stereocenters.